The number of nitrogens with one attached hydrogen (secondary N) is 1. The maximum Gasteiger partial charge on any atom is 0.258 e. The molecule has 35 heavy (non-hydrogen) atoms. The van der Waals surface area contributed by atoms with Gasteiger partial charge in [0, 0.05) is 32.0 Å². The number of hydrogen-bond donors (Lipinski definition) is 1. The monoisotopic (exact) mass is 489 g/mol. The first-order valence-electron chi connectivity index (χ1n) is 11.5. The molecule has 0 atom stereocenters. The van der Waals surface area contributed by atoms with Crippen LogP contribution in [0.2, 0.25) is 0 Å². The number of carbonyl (C=O) groups is 1. The second kappa shape index (κ2) is 9.52. The molecule has 0 bridgehead atoms. The van der Waals surface area contributed by atoms with Crippen LogP contribution in [0.25, 0.3) is 28.0 Å². The van der Waals surface area contributed by atoms with E-state index in [-0.39, 0.29) is 11.0 Å². The maximum atomic E-state index is 13.7. The van der Waals surface area contributed by atoms with Crippen molar-refractivity contribution in [2.45, 2.75) is 13.5 Å². The lowest BCUT2D eigenvalue weighted by atomic mass is 10.1. The van der Waals surface area contributed by atoms with E-state index < -0.39 is 5.91 Å². The molecule has 0 unspecified atom stereocenters. The third kappa shape index (κ3) is 4.06. The number of nitrogens with zero attached hydrogens (tertiary/aromatic N) is 4. The van der Waals surface area contributed by atoms with E-state index in [4.69, 9.17) is 9.72 Å². The molecule has 4 aromatic rings. The summed E-state index contributed by atoms with van der Waals surface area (Å²) in [5.41, 5.74) is 2.12. The molecule has 1 saturated heterocycles. The summed E-state index contributed by atoms with van der Waals surface area (Å²) in [7, 11) is 1.92. The number of carbonyl (C=O) groups excluding carboxylic acids is 1. The van der Waals surface area contributed by atoms with Crippen molar-refractivity contribution in [1.82, 2.24) is 19.3 Å². The molecule has 1 N–H and O–H groups in total. The summed E-state index contributed by atoms with van der Waals surface area (Å²) in [6.07, 6.45) is 7.56. The van der Waals surface area contributed by atoms with Crippen LogP contribution in [0.15, 0.2) is 47.9 Å². The standard InChI is InChI=1S/C26H27N5O3S/c1-4-7-19-20(5-2)35-26-22(25(33)27-16-17-8-6-11-29(17)3)23(32)18-9-10-21(28-24(18)31(19)26)30-12-14-34-15-13-30/h4-11H,2,12-16H2,1,3H3,(H,27,33)/b7-4-. The molecule has 0 spiro atoms. The maximum absolute atomic E-state index is 13.7. The first-order chi connectivity index (χ1) is 17.0. The quantitative estimate of drug-likeness (QED) is 0.447. The van der Waals surface area contributed by atoms with Gasteiger partial charge in [0.2, 0.25) is 5.43 Å². The normalized spacial score (nSPS) is 14.3. The van der Waals surface area contributed by atoms with Crippen molar-refractivity contribution in [1.29, 1.82) is 0 Å². The second-order valence-corrected chi connectivity index (χ2v) is 9.36. The largest absolute Gasteiger partial charge is 0.378 e. The molecule has 0 saturated carbocycles. The van der Waals surface area contributed by atoms with Gasteiger partial charge in [-0.15, -0.1) is 11.3 Å². The molecule has 9 heteroatoms. The number of anilines is 1. The number of morpholine rings is 1. The summed E-state index contributed by atoms with van der Waals surface area (Å²) >= 11 is 1.37. The van der Waals surface area contributed by atoms with Gasteiger partial charge in [0.1, 0.15) is 16.2 Å². The Labute approximate surface area is 206 Å². The number of hydrogen-bond acceptors (Lipinski definition) is 6. The number of fused-ring (bicyclic) bond motifs is 3. The van der Waals surface area contributed by atoms with Crippen LogP contribution in [-0.2, 0) is 18.3 Å². The molecule has 4 aromatic heterocycles. The number of amides is 1. The number of ether oxygens (including phenoxy) is 1. The molecule has 1 aliphatic heterocycles. The van der Waals surface area contributed by atoms with E-state index in [1.54, 1.807) is 12.1 Å². The smallest absolute Gasteiger partial charge is 0.258 e. The van der Waals surface area contributed by atoms with Gasteiger partial charge >= 0.3 is 0 Å². The minimum atomic E-state index is -0.406. The molecular weight excluding hydrogens is 462 g/mol. The Kier molecular flexibility index (Phi) is 6.27. The lowest BCUT2D eigenvalue weighted by Crippen LogP contribution is -2.37. The third-order valence-electron chi connectivity index (χ3n) is 6.21. The van der Waals surface area contributed by atoms with Gasteiger partial charge in [-0.1, -0.05) is 12.7 Å². The molecule has 1 fully saturated rings. The van der Waals surface area contributed by atoms with Crippen LogP contribution in [0.5, 0.6) is 0 Å². The molecule has 1 aliphatic rings. The van der Waals surface area contributed by atoms with E-state index in [1.165, 1.54) is 11.3 Å². The van der Waals surface area contributed by atoms with E-state index in [9.17, 15) is 9.59 Å². The minimum Gasteiger partial charge on any atom is -0.378 e. The zero-order valence-electron chi connectivity index (χ0n) is 19.8. The van der Waals surface area contributed by atoms with Crippen LogP contribution in [-0.4, -0.2) is 46.2 Å². The lowest BCUT2D eigenvalue weighted by Gasteiger charge is -2.28. The van der Waals surface area contributed by atoms with Crippen LogP contribution in [0.4, 0.5) is 5.82 Å². The molecule has 5 rings (SSSR count). The van der Waals surface area contributed by atoms with Crippen LogP contribution in [0.1, 0.15) is 33.5 Å². The highest BCUT2D eigenvalue weighted by molar-refractivity contribution is 7.19. The Morgan fingerprint density at radius 2 is 2.09 bits per heavy atom. The van der Waals surface area contributed by atoms with E-state index >= 15 is 0 Å². The first-order valence-corrected chi connectivity index (χ1v) is 12.3. The van der Waals surface area contributed by atoms with Gasteiger partial charge in [0.05, 0.1) is 35.7 Å². The van der Waals surface area contributed by atoms with Gasteiger partial charge in [-0.2, -0.15) is 0 Å². The SMILES string of the molecule is C=Cc1sc2c(C(=O)NCc3cccn3C)c(=O)c3ccc(N4CCOCC4)nc3n2c1/C=C\C. The van der Waals surface area contributed by atoms with Gasteiger partial charge in [-0.25, -0.2) is 4.98 Å². The van der Waals surface area contributed by atoms with E-state index in [0.717, 1.165) is 35.2 Å². The molecule has 180 valence electrons. The number of allylic oxidation sites excluding steroid dienone is 1. The molecule has 0 aliphatic carbocycles. The molecular formula is C26H27N5O3S. The van der Waals surface area contributed by atoms with Crippen molar-refractivity contribution in [2.75, 3.05) is 31.2 Å². The van der Waals surface area contributed by atoms with E-state index in [2.05, 4.69) is 16.8 Å². The fourth-order valence-corrected chi connectivity index (χ4v) is 5.50. The van der Waals surface area contributed by atoms with Crippen LogP contribution < -0.4 is 15.6 Å². The molecule has 5 heterocycles. The van der Waals surface area contributed by atoms with Crippen molar-refractivity contribution in [3.05, 3.63) is 75.2 Å². The van der Waals surface area contributed by atoms with Gasteiger partial charge in [0.15, 0.2) is 5.65 Å². The third-order valence-corrected chi connectivity index (χ3v) is 7.39. The highest BCUT2D eigenvalue weighted by Gasteiger charge is 2.24. The first kappa shape index (κ1) is 23.1. The zero-order chi connectivity index (χ0) is 24.5. The molecule has 0 aromatic carbocycles. The molecule has 0 radical (unpaired) electrons. The number of rotatable bonds is 6. The highest BCUT2D eigenvalue weighted by Crippen LogP contribution is 2.31. The van der Waals surface area contributed by atoms with Crippen LogP contribution >= 0.6 is 11.3 Å². The summed E-state index contributed by atoms with van der Waals surface area (Å²) < 4.78 is 9.33. The summed E-state index contributed by atoms with van der Waals surface area (Å²) in [4.78, 5) is 35.6. The van der Waals surface area contributed by atoms with Crippen molar-refractivity contribution < 1.29 is 9.53 Å². The number of pyridine rings is 2. The summed E-state index contributed by atoms with van der Waals surface area (Å²) in [6.45, 7) is 8.95. The Morgan fingerprint density at radius 1 is 1.29 bits per heavy atom. The second-order valence-electron chi connectivity index (χ2n) is 8.33. The highest BCUT2D eigenvalue weighted by atomic mass is 32.1. The Morgan fingerprint density at radius 3 is 2.77 bits per heavy atom. The predicted octanol–water partition coefficient (Wildman–Crippen LogP) is 3.69. The van der Waals surface area contributed by atoms with Crippen molar-refractivity contribution >= 4 is 51.1 Å². The lowest BCUT2D eigenvalue weighted by molar-refractivity contribution is 0.0950. The van der Waals surface area contributed by atoms with Gasteiger partial charge < -0.3 is 19.5 Å². The fraction of sp³-hybridized carbons (Fsp3) is 0.269. The number of thiazole rings is 1. The summed E-state index contributed by atoms with van der Waals surface area (Å²) in [6, 6.07) is 7.48. The van der Waals surface area contributed by atoms with Crippen molar-refractivity contribution in [3.8, 4) is 0 Å². The summed E-state index contributed by atoms with van der Waals surface area (Å²) in [5, 5.41) is 3.33. The van der Waals surface area contributed by atoms with E-state index in [0.29, 0.717) is 35.6 Å². The molecule has 8 nitrogen and oxygen atoms in total. The average molecular weight is 490 g/mol. The Bertz CT molecular complexity index is 1520. The minimum absolute atomic E-state index is 0.122. The Hall–Kier alpha value is -3.69. The van der Waals surface area contributed by atoms with Crippen molar-refractivity contribution in [3.63, 3.8) is 0 Å². The predicted molar refractivity (Wildman–Crippen MR) is 141 cm³/mol. The van der Waals surface area contributed by atoms with Gasteiger partial charge in [0.25, 0.3) is 5.91 Å². The average Bonchev–Trinajstić information content (AvgIpc) is 3.46. The number of aromatic nitrogens is 3. The van der Waals surface area contributed by atoms with Gasteiger partial charge in [-0.3, -0.25) is 14.0 Å². The van der Waals surface area contributed by atoms with Gasteiger partial charge in [-0.05, 0) is 43.3 Å². The fourth-order valence-electron chi connectivity index (χ4n) is 4.38. The summed E-state index contributed by atoms with van der Waals surface area (Å²) in [5.74, 6) is 0.379. The molecule has 1 amide bonds. The van der Waals surface area contributed by atoms with Crippen LogP contribution in [0, 0.1) is 0 Å². The van der Waals surface area contributed by atoms with Crippen molar-refractivity contribution in [2.24, 2.45) is 7.05 Å². The van der Waals surface area contributed by atoms with Crippen LogP contribution in [0.3, 0.4) is 0 Å². The zero-order valence-corrected chi connectivity index (χ0v) is 20.6. The van der Waals surface area contributed by atoms with E-state index in [1.807, 2.05) is 59.5 Å². The topological polar surface area (TPSA) is 80.9 Å². The number of aryl methyl sites for hydroxylation is 1. The Balaban J connectivity index is 1.72.